The molecule has 9 heteroatoms. The molecule has 26 heavy (non-hydrogen) atoms. The molecule has 0 unspecified atom stereocenters. The summed E-state index contributed by atoms with van der Waals surface area (Å²) in [5.41, 5.74) is 1.56. The van der Waals surface area contributed by atoms with E-state index < -0.39 is 25.7 Å². The molecule has 137 valence electrons. The summed E-state index contributed by atoms with van der Waals surface area (Å²) >= 11 is 0. The topological polar surface area (TPSA) is 43.4 Å². The van der Waals surface area contributed by atoms with Crippen LogP contribution in [-0.2, 0) is 0 Å². The van der Waals surface area contributed by atoms with Gasteiger partial charge in [0.1, 0.15) is 5.75 Å². The van der Waals surface area contributed by atoms with Crippen molar-refractivity contribution in [3.63, 3.8) is 0 Å². The molecule has 0 heterocycles. The van der Waals surface area contributed by atoms with Crippen LogP contribution in [0.25, 0.3) is 0 Å². The summed E-state index contributed by atoms with van der Waals surface area (Å²) in [6, 6.07) is 11.3. The van der Waals surface area contributed by atoms with E-state index >= 15 is 0 Å². The molecule has 1 radical (unpaired) electrons. The van der Waals surface area contributed by atoms with E-state index in [2.05, 4.69) is 4.74 Å². The summed E-state index contributed by atoms with van der Waals surface area (Å²) in [5, 5.41) is 0. The van der Waals surface area contributed by atoms with Crippen LogP contribution in [0.2, 0.25) is 0 Å². The summed E-state index contributed by atoms with van der Waals surface area (Å²) < 4.78 is 58.9. The molecule has 2 rings (SSSR count). The fraction of sp³-hybridized carbons (Fsp3) is 0.176. The van der Waals surface area contributed by atoms with Gasteiger partial charge >= 0.3 is 14.2 Å². The molecule has 0 aliphatic carbocycles. The van der Waals surface area contributed by atoms with Gasteiger partial charge in [-0.1, -0.05) is 29.8 Å². The largest absolute Gasteiger partial charge is 0.577 e. The second-order valence-corrected chi connectivity index (χ2v) is 5.04. The molecule has 0 amide bonds. The molecule has 3 nitrogen and oxygen atoms in total. The second-order valence-electron chi connectivity index (χ2n) is 5.04. The Bertz CT molecular complexity index is 728. The van der Waals surface area contributed by atoms with Crippen molar-refractivity contribution in [3.8, 4) is 5.75 Å². The van der Waals surface area contributed by atoms with Crippen LogP contribution in [0.5, 0.6) is 5.75 Å². The van der Waals surface area contributed by atoms with Gasteiger partial charge in [-0.2, -0.15) is 0 Å². The highest BCUT2D eigenvalue weighted by molar-refractivity contribution is 6.15. The van der Waals surface area contributed by atoms with Crippen LogP contribution >= 0.6 is 0 Å². The fourth-order valence-electron chi connectivity index (χ4n) is 1.93. The van der Waals surface area contributed by atoms with Crippen molar-refractivity contribution in [2.75, 3.05) is 0 Å². The lowest BCUT2D eigenvalue weighted by molar-refractivity contribution is -0.274. The smallest absolute Gasteiger partial charge is 0.406 e. The van der Waals surface area contributed by atoms with E-state index in [1.165, 1.54) is 12.1 Å². The van der Waals surface area contributed by atoms with Gasteiger partial charge in [0.2, 0.25) is 0 Å². The molecule has 2 aromatic carbocycles. The van der Waals surface area contributed by atoms with Gasteiger partial charge in [-0.25, -0.2) is 0 Å². The zero-order valence-electron chi connectivity index (χ0n) is 13.5. The van der Waals surface area contributed by atoms with Gasteiger partial charge in [-0.05, 0) is 31.2 Å². The van der Waals surface area contributed by atoms with Crippen molar-refractivity contribution in [1.82, 2.24) is 0 Å². The first kappa shape index (κ1) is 21.3. The zero-order valence-corrected chi connectivity index (χ0v) is 13.5. The number of alkyl halides is 3. The molecule has 2 aromatic rings. The maximum Gasteiger partial charge on any atom is 0.577 e. The number of ether oxygens (including phenoxy) is 1. The first-order chi connectivity index (χ1) is 12.2. The summed E-state index contributed by atoms with van der Waals surface area (Å²) in [4.78, 5) is 24.0. The van der Waals surface area contributed by atoms with E-state index in [0.29, 0.717) is 5.56 Å². The maximum absolute atomic E-state index is 12.1. The average Bonchev–Trinajstić information content (AvgIpc) is 2.55. The number of aryl methyl sites for hydroxylation is 1. The molecule has 0 atom stereocenters. The highest BCUT2D eigenvalue weighted by Crippen LogP contribution is 2.23. The second kappa shape index (κ2) is 9.69. The van der Waals surface area contributed by atoms with E-state index in [-0.39, 0.29) is 17.8 Å². The van der Waals surface area contributed by atoms with Gasteiger partial charge in [0.05, 0.1) is 6.42 Å². The van der Waals surface area contributed by atoms with Crippen LogP contribution in [0.15, 0.2) is 48.5 Å². The van der Waals surface area contributed by atoms with Crippen molar-refractivity contribution in [2.45, 2.75) is 19.7 Å². The first-order valence-electron chi connectivity index (χ1n) is 7.17. The Balaban J connectivity index is 0.00000105. The predicted molar refractivity (Wildman–Crippen MR) is 85.6 cm³/mol. The van der Waals surface area contributed by atoms with Gasteiger partial charge in [0, 0.05) is 11.1 Å². The fourth-order valence-corrected chi connectivity index (χ4v) is 1.93. The predicted octanol–water partition coefficient (Wildman–Crippen LogP) is 4.81. The van der Waals surface area contributed by atoms with Crippen molar-refractivity contribution >= 4 is 19.4 Å². The van der Waals surface area contributed by atoms with Crippen LogP contribution in [0.1, 0.15) is 32.7 Å². The minimum atomic E-state index is -4.78. The van der Waals surface area contributed by atoms with E-state index in [4.69, 9.17) is 0 Å². The standard InChI is InChI=1S/C17H13F3O3.BF2/c1-11-2-4-12(5-3-11)15(21)10-16(22)13-6-8-14(9-7-13)23-17(18,19)20;2-1-3/h2-9H,10H2,1H3;. The minimum absolute atomic E-state index is 0.153. The number of rotatable bonds is 5. The van der Waals surface area contributed by atoms with E-state index in [1.807, 2.05) is 6.92 Å². The summed E-state index contributed by atoms with van der Waals surface area (Å²) in [5.74, 6) is -1.22. The highest BCUT2D eigenvalue weighted by atomic mass is 19.4. The number of hydrogen-bond acceptors (Lipinski definition) is 3. The molecule has 0 bridgehead atoms. The van der Waals surface area contributed by atoms with Gasteiger partial charge in [0.25, 0.3) is 0 Å². The number of carbonyl (C=O) groups is 2. The molecular formula is C17H13BF5O3. The van der Waals surface area contributed by atoms with Crippen LogP contribution < -0.4 is 4.74 Å². The lowest BCUT2D eigenvalue weighted by Gasteiger charge is -2.09. The quantitative estimate of drug-likeness (QED) is 0.328. The van der Waals surface area contributed by atoms with Gasteiger partial charge in [0.15, 0.2) is 11.6 Å². The van der Waals surface area contributed by atoms with Crippen molar-refractivity contribution in [3.05, 3.63) is 65.2 Å². The third-order valence-electron chi connectivity index (χ3n) is 3.10. The molecular weight excluding hydrogens is 358 g/mol. The van der Waals surface area contributed by atoms with Gasteiger partial charge in [-0.15, -0.1) is 13.2 Å². The molecule has 0 spiro atoms. The number of ketones is 2. The van der Waals surface area contributed by atoms with Crippen molar-refractivity contribution < 1.29 is 36.1 Å². The Morgan fingerprint density at radius 1 is 0.885 bits per heavy atom. The highest BCUT2D eigenvalue weighted by Gasteiger charge is 2.31. The Morgan fingerprint density at radius 2 is 1.27 bits per heavy atom. The summed E-state index contributed by atoms with van der Waals surface area (Å²) in [6.07, 6.45) is -5.13. The Labute approximate surface area is 147 Å². The monoisotopic (exact) mass is 371 g/mol. The number of halogens is 5. The van der Waals surface area contributed by atoms with E-state index in [0.717, 1.165) is 17.7 Å². The average molecular weight is 371 g/mol. The van der Waals surface area contributed by atoms with Crippen LogP contribution in [-0.4, -0.2) is 25.8 Å². The van der Waals surface area contributed by atoms with E-state index in [9.17, 15) is 31.4 Å². The Kier molecular flexibility index (Phi) is 7.96. The summed E-state index contributed by atoms with van der Waals surface area (Å²) in [7, 11) is -1.00. The number of hydrogen-bond donors (Lipinski definition) is 0. The minimum Gasteiger partial charge on any atom is -0.406 e. The van der Waals surface area contributed by atoms with Crippen LogP contribution in [0.3, 0.4) is 0 Å². The Hall–Kier alpha value is -2.71. The third kappa shape index (κ3) is 7.46. The normalized spacial score (nSPS) is 10.4. The zero-order chi connectivity index (χ0) is 19.7. The van der Waals surface area contributed by atoms with Crippen molar-refractivity contribution in [1.29, 1.82) is 0 Å². The third-order valence-corrected chi connectivity index (χ3v) is 3.10. The number of benzene rings is 2. The van der Waals surface area contributed by atoms with Crippen LogP contribution in [0.4, 0.5) is 21.8 Å². The molecule has 0 fully saturated rings. The number of carbonyl (C=O) groups excluding carboxylic acids is 2. The Morgan fingerprint density at radius 3 is 1.65 bits per heavy atom. The molecule has 0 saturated carbocycles. The first-order valence-corrected chi connectivity index (χ1v) is 7.17. The lowest BCUT2D eigenvalue weighted by atomic mass is 10.0. The molecule has 0 aliphatic heterocycles. The van der Waals surface area contributed by atoms with Crippen molar-refractivity contribution in [2.24, 2.45) is 0 Å². The molecule has 0 aromatic heterocycles. The molecule has 0 N–H and O–H groups in total. The van der Waals surface area contributed by atoms with Gasteiger partial charge in [-0.3, -0.25) is 18.2 Å². The SMILES string of the molecule is Cc1ccc(C(=O)CC(=O)c2ccc(OC(F)(F)F)cc2)cc1.F[B]F. The maximum atomic E-state index is 12.1. The van der Waals surface area contributed by atoms with E-state index in [1.54, 1.807) is 24.3 Å². The lowest BCUT2D eigenvalue weighted by Crippen LogP contribution is -2.17. The number of Topliss-reactive ketones (excluding diaryl/α,β-unsaturated/α-hetero) is 2. The van der Waals surface area contributed by atoms with Crippen LogP contribution in [0, 0.1) is 6.92 Å². The molecule has 0 aliphatic rings. The summed E-state index contributed by atoms with van der Waals surface area (Å²) in [6.45, 7) is 1.88. The molecule has 0 saturated heterocycles. The van der Waals surface area contributed by atoms with Gasteiger partial charge < -0.3 is 4.74 Å².